The number of amides is 1. The molecule has 1 saturated carbocycles. The van der Waals surface area contributed by atoms with Gasteiger partial charge >= 0.3 is 0 Å². The van der Waals surface area contributed by atoms with E-state index in [9.17, 15) is 4.79 Å². The molecule has 1 aliphatic carbocycles. The molecule has 8 nitrogen and oxygen atoms in total. The zero-order valence-electron chi connectivity index (χ0n) is 16.3. The maximum atomic E-state index is 12.1. The van der Waals surface area contributed by atoms with Crippen LogP contribution in [0.3, 0.4) is 0 Å². The van der Waals surface area contributed by atoms with E-state index in [1.54, 1.807) is 0 Å². The maximum absolute atomic E-state index is 12.1. The summed E-state index contributed by atoms with van der Waals surface area (Å²) >= 11 is 0. The molecule has 0 saturated heterocycles. The molecule has 0 aromatic heterocycles. The van der Waals surface area contributed by atoms with E-state index in [1.807, 2.05) is 49.0 Å². The van der Waals surface area contributed by atoms with Crippen molar-refractivity contribution in [3.63, 3.8) is 0 Å². The van der Waals surface area contributed by atoms with Crippen molar-refractivity contribution in [3.05, 3.63) is 23.8 Å². The lowest BCUT2D eigenvalue weighted by Gasteiger charge is -2.46. The largest absolute Gasteiger partial charge is 0.369 e. The Labute approximate surface area is 160 Å². The van der Waals surface area contributed by atoms with Crippen LogP contribution in [0.4, 0.5) is 11.4 Å². The minimum atomic E-state index is -0.495. The van der Waals surface area contributed by atoms with E-state index in [0.717, 1.165) is 42.6 Å². The predicted molar refractivity (Wildman–Crippen MR) is 110 cm³/mol. The molecule has 8 heteroatoms. The van der Waals surface area contributed by atoms with Crippen molar-refractivity contribution >= 4 is 29.2 Å². The molecule has 2 aliphatic rings. The quantitative estimate of drug-likeness (QED) is 0.744. The highest BCUT2D eigenvalue weighted by atomic mass is 16.2. The Morgan fingerprint density at radius 1 is 1.26 bits per heavy atom. The van der Waals surface area contributed by atoms with Gasteiger partial charge in [0.2, 0.25) is 17.8 Å². The molecular formula is C19H29N7O. The van der Waals surface area contributed by atoms with Crippen molar-refractivity contribution in [1.82, 2.24) is 4.90 Å². The van der Waals surface area contributed by atoms with Crippen LogP contribution in [-0.2, 0) is 4.79 Å². The molecule has 5 N–H and O–H groups in total. The van der Waals surface area contributed by atoms with Crippen LogP contribution in [-0.4, -0.2) is 49.0 Å². The van der Waals surface area contributed by atoms with Gasteiger partial charge in [-0.1, -0.05) is 12.5 Å². The first-order valence-electron chi connectivity index (χ1n) is 9.36. The van der Waals surface area contributed by atoms with Crippen LogP contribution in [0.1, 0.15) is 37.7 Å². The lowest BCUT2D eigenvalue weighted by atomic mass is 9.87. The number of guanidine groups is 2. The lowest BCUT2D eigenvalue weighted by Crippen LogP contribution is -2.58. The highest BCUT2D eigenvalue weighted by molar-refractivity contribution is 6.06. The van der Waals surface area contributed by atoms with E-state index in [0.29, 0.717) is 12.5 Å². The molecule has 1 heterocycles. The Morgan fingerprint density at radius 3 is 2.63 bits per heavy atom. The number of benzene rings is 1. The predicted octanol–water partition coefficient (Wildman–Crippen LogP) is 1.60. The molecule has 0 atom stereocenters. The zero-order valence-corrected chi connectivity index (χ0v) is 16.3. The third-order valence-corrected chi connectivity index (χ3v) is 5.05. The van der Waals surface area contributed by atoms with E-state index in [-0.39, 0.29) is 11.9 Å². The van der Waals surface area contributed by atoms with Crippen LogP contribution in [0.15, 0.2) is 28.2 Å². The second-order valence-electron chi connectivity index (χ2n) is 7.61. The fourth-order valence-electron chi connectivity index (χ4n) is 3.89. The fraction of sp³-hybridized carbons (Fsp3) is 0.526. The number of carbonyl (C=O) groups is 1. The van der Waals surface area contributed by atoms with Gasteiger partial charge < -0.3 is 21.7 Å². The van der Waals surface area contributed by atoms with Crippen LogP contribution in [0.25, 0.3) is 0 Å². The Balaban J connectivity index is 1.97. The number of nitrogens with two attached hydrogens (primary N) is 2. The number of carbonyl (C=O) groups excluding carboxylic acids is 1. The second-order valence-corrected chi connectivity index (χ2v) is 7.61. The van der Waals surface area contributed by atoms with Crippen LogP contribution < -0.4 is 21.7 Å². The van der Waals surface area contributed by atoms with Gasteiger partial charge in [0.1, 0.15) is 5.66 Å². The summed E-state index contributed by atoms with van der Waals surface area (Å²) in [5.74, 6) is 0.521. The number of aliphatic imine (C=N–C) groups is 2. The topological polar surface area (TPSA) is 112 Å². The number of hydrogen-bond acceptors (Lipinski definition) is 7. The summed E-state index contributed by atoms with van der Waals surface area (Å²) in [6.07, 6.45) is 5.07. The van der Waals surface area contributed by atoms with E-state index in [2.05, 4.69) is 10.3 Å². The number of likely N-dealkylation sites (N-methyl/N-ethyl adjacent to an activating group) is 1. The van der Waals surface area contributed by atoms with Gasteiger partial charge in [-0.25, -0.2) is 4.99 Å². The van der Waals surface area contributed by atoms with Gasteiger partial charge in [-0.3, -0.25) is 9.69 Å². The number of rotatable bonds is 4. The highest BCUT2D eigenvalue weighted by Crippen LogP contribution is 2.41. The number of anilines is 2. The Morgan fingerprint density at radius 2 is 1.96 bits per heavy atom. The zero-order chi connectivity index (χ0) is 19.6. The summed E-state index contributed by atoms with van der Waals surface area (Å²) in [5, 5.41) is 2.95. The Bertz CT molecular complexity index is 778. The highest BCUT2D eigenvalue weighted by Gasteiger charge is 2.43. The van der Waals surface area contributed by atoms with Crippen molar-refractivity contribution in [3.8, 4) is 0 Å². The molecule has 1 aromatic carbocycles. The molecule has 27 heavy (non-hydrogen) atoms. The van der Waals surface area contributed by atoms with Crippen molar-refractivity contribution < 1.29 is 4.79 Å². The summed E-state index contributed by atoms with van der Waals surface area (Å²) in [6, 6.07) is 5.82. The Kier molecular flexibility index (Phi) is 5.36. The van der Waals surface area contributed by atoms with Crippen molar-refractivity contribution in [2.24, 2.45) is 21.5 Å². The van der Waals surface area contributed by atoms with Crippen molar-refractivity contribution in [2.75, 3.05) is 30.9 Å². The van der Waals surface area contributed by atoms with Gasteiger partial charge in [0.15, 0.2) is 0 Å². The minimum absolute atomic E-state index is 0.0651. The van der Waals surface area contributed by atoms with E-state index in [1.165, 1.54) is 6.42 Å². The van der Waals surface area contributed by atoms with Gasteiger partial charge in [-0.05, 0) is 64.4 Å². The molecular weight excluding hydrogens is 342 g/mol. The monoisotopic (exact) mass is 371 g/mol. The second kappa shape index (κ2) is 7.56. The first kappa shape index (κ1) is 19.2. The summed E-state index contributed by atoms with van der Waals surface area (Å²) in [6.45, 7) is 2.34. The normalized spacial score (nSPS) is 19.0. The van der Waals surface area contributed by atoms with Crippen molar-refractivity contribution in [2.45, 2.75) is 44.7 Å². The van der Waals surface area contributed by atoms with E-state index in [4.69, 9.17) is 16.5 Å². The number of nitrogens with one attached hydrogen (secondary N) is 1. The average Bonchev–Trinajstić information content (AvgIpc) is 2.56. The minimum Gasteiger partial charge on any atom is -0.369 e. The summed E-state index contributed by atoms with van der Waals surface area (Å²) in [7, 11) is 3.72. The van der Waals surface area contributed by atoms with Crippen molar-refractivity contribution in [1.29, 1.82) is 0 Å². The van der Waals surface area contributed by atoms with Crippen LogP contribution in [0.2, 0.25) is 0 Å². The number of nitrogens with zero attached hydrogens (tertiary/aromatic N) is 4. The Hall–Kier alpha value is -2.61. The number of hydrogen-bond donors (Lipinski definition) is 3. The molecule has 0 radical (unpaired) electrons. The average molecular weight is 371 g/mol. The van der Waals surface area contributed by atoms with Gasteiger partial charge in [0.25, 0.3) is 0 Å². The molecule has 146 valence electrons. The molecule has 1 fully saturated rings. The molecule has 1 aliphatic heterocycles. The van der Waals surface area contributed by atoms with Gasteiger partial charge in [0.05, 0.1) is 12.2 Å². The summed E-state index contributed by atoms with van der Waals surface area (Å²) in [5.41, 5.74) is 14.4. The van der Waals surface area contributed by atoms with E-state index >= 15 is 0 Å². The van der Waals surface area contributed by atoms with Gasteiger partial charge in [0, 0.05) is 5.69 Å². The first-order valence-corrected chi connectivity index (χ1v) is 9.36. The summed E-state index contributed by atoms with van der Waals surface area (Å²) < 4.78 is 0. The van der Waals surface area contributed by atoms with Crippen LogP contribution in [0, 0.1) is 6.92 Å². The molecule has 0 unspecified atom stereocenters. The molecule has 1 amide bonds. The molecule has 1 spiro atoms. The van der Waals surface area contributed by atoms with Crippen LogP contribution in [0.5, 0.6) is 0 Å². The first-order chi connectivity index (χ1) is 12.8. The smallest absolute Gasteiger partial charge is 0.238 e. The molecule has 3 rings (SSSR count). The van der Waals surface area contributed by atoms with Crippen LogP contribution >= 0.6 is 0 Å². The SMILES string of the molecule is Cc1ccc(NC(=O)CN(C)C)cc1N1C(N)=NC(N)=NC12CCCCC2. The standard InChI is InChI=1S/C19H29N7O/c1-13-7-8-14(22-16(27)12-25(2)3)11-15(13)26-18(21)23-17(20)24-19(26)9-5-4-6-10-19/h7-8,11H,4-6,9-10,12H2,1-3H3,(H,22,27)(H4,20,21,23,24). The van der Waals surface area contributed by atoms with Gasteiger partial charge in [-0.2, -0.15) is 4.99 Å². The third kappa shape index (κ3) is 4.05. The number of aryl methyl sites for hydroxylation is 1. The lowest BCUT2D eigenvalue weighted by molar-refractivity contribution is -0.116. The molecule has 1 aromatic rings. The van der Waals surface area contributed by atoms with Gasteiger partial charge in [-0.15, -0.1) is 0 Å². The third-order valence-electron chi connectivity index (χ3n) is 5.05. The summed E-state index contributed by atoms with van der Waals surface area (Å²) in [4.78, 5) is 24.9. The fourth-order valence-corrected chi connectivity index (χ4v) is 3.89. The maximum Gasteiger partial charge on any atom is 0.238 e. The molecule has 0 bridgehead atoms. The van der Waals surface area contributed by atoms with E-state index < -0.39 is 5.66 Å².